The third kappa shape index (κ3) is 3.90. The van der Waals surface area contributed by atoms with Crippen molar-refractivity contribution >= 4 is 11.8 Å². The second kappa shape index (κ2) is 7.65. The predicted molar refractivity (Wildman–Crippen MR) is 101 cm³/mol. The Kier molecular flexibility index (Phi) is 5.75. The highest BCUT2D eigenvalue weighted by molar-refractivity contribution is 8.00. The molecule has 0 amide bonds. The third-order valence-corrected chi connectivity index (χ3v) is 7.55. The molecule has 2 heterocycles. The Balaban J connectivity index is 1.63. The molecule has 1 N–H and O–H groups in total. The zero-order valence-electron chi connectivity index (χ0n) is 15.5. The number of aryl methyl sites for hydroxylation is 1. The summed E-state index contributed by atoms with van der Waals surface area (Å²) >= 11 is 2.14. The summed E-state index contributed by atoms with van der Waals surface area (Å²) in [4.78, 5) is 11.9. The van der Waals surface area contributed by atoms with Crippen LogP contribution < -0.4 is 11.0 Å². The molecule has 24 heavy (non-hydrogen) atoms. The maximum Gasteiger partial charge on any atom is 0.345 e. The summed E-state index contributed by atoms with van der Waals surface area (Å²) in [6.07, 6.45) is 7.35. The Morgan fingerprint density at radius 2 is 2.04 bits per heavy atom. The number of hydrogen-bond donors (Lipinski definition) is 1. The molecular weight excluding hydrogens is 320 g/mol. The molecule has 5 nitrogen and oxygen atoms in total. The van der Waals surface area contributed by atoms with Crippen LogP contribution in [0, 0.1) is 11.8 Å². The first-order valence-corrected chi connectivity index (χ1v) is 10.5. The molecule has 0 aromatic carbocycles. The maximum atomic E-state index is 11.9. The summed E-state index contributed by atoms with van der Waals surface area (Å²) in [7, 11) is 3.58. The average molecular weight is 353 g/mol. The van der Waals surface area contributed by atoms with Crippen LogP contribution in [0.25, 0.3) is 0 Å². The van der Waals surface area contributed by atoms with Crippen molar-refractivity contribution in [2.75, 3.05) is 5.75 Å². The van der Waals surface area contributed by atoms with Gasteiger partial charge in [-0.3, -0.25) is 4.57 Å². The lowest BCUT2D eigenvalue weighted by atomic mass is 9.81. The summed E-state index contributed by atoms with van der Waals surface area (Å²) in [5.74, 6) is 3.55. The monoisotopic (exact) mass is 352 g/mol. The van der Waals surface area contributed by atoms with Gasteiger partial charge in [-0.05, 0) is 31.1 Å². The van der Waals surface area contributed by atoms with Gasteiger partial charge in [-0.15, -0.1) is 0 Å². The molecule has 1 aromatic rings. The van der Waals surface area contributed by atoms with Gasteiger partial charge < -0.3 is 5.32 Å². The number of nitrogens with one attached hydrogen (secondary N) is 1. The molecular formula is C18H32N4OS. The summed E-state index contributed by atoms with van der Waals surface area (Å²) in [6, 6.07) is 1.23. The molecule has 1 saturated carbocycles. The minimum Gasteiger partial charge on any atom is -0.310 e. The van der Waals surface area contributed by atoms with Crippen LogP contribution in [-0.4, -0.2) is 37.4 Å². The average Bonchev–Trinajstić information content (AvgIpc) is 3.11. The molecule has 0 bridgehead atoms. The summed E-state index contributed by atoms with van der Waals surface area (Å²) in [5, 5.41) is 9.22. The maximum absolute atomic E-state index is 11.9. The molecule has 1 aromatic heterocycles. The molecule has 136 valence electrons. The standard InChI is InChI=1S/C18H32N4OS/c1-12(2)16-10-14(11-24-16)19-15-8-6-5-7-13(15)9-17-20-22(4)18(23)21(17)3/h12-16,19H,5-11H2,1-4H3/t13-,14?,15-,16?/m1/s1. The Morgan fingerprint density at radius 1 is 1.29 bits per heavy atom. The highest BCUT2D eigenvalue weighted by atomic mass is 32.2. The molecule has 4 atom stereocenters. The van der Waals surface area contributed by atoms with Crippen LogP contribution in [0.1, 0.15) is 51.8 Å². The first kappa shape index (κ1) is 18.1. The van der Waals surface area contributed by atoms with Crippen LogP contribution in [0.5, 0.6) is 0 Å². The van der Waals surface area contributed by atoms with E-state index in [1.807, 2.05) is 7.05 Å². The number of aromatic nitrogens is 3. The third-order valence-electron chi connectivity index (χ3n) is 5.79. The van der Waals surface area contributed by atoms with Gasteiger partial charge in [0.05, 0.1) is 0 Å². The zero-order chi connectivity index (χ0) is 17.3. The summed E-state index contributed by atoms with van der Waals surface area (Å²) in [6.45, 7) is 4.68. The van der Waals surface area contributed by atoms with Gasteiger partial charge in [0.1, 0.15) is 5.82 Å². The van der Waals surface area contributed by atoms with E-state index in [9.17, 15) is 4.79 Å². The fourth-order valence-electron chi connectivity index (χ4n) is 4.23. The number of hydrogen-bond acceptors (Lipinski definition) is 4. The molecule has 0 spiro atoms. The van der Waals surface area contributed by atoms with Crippen molar-refractivity contribution in [3.05, 3.63) is 16.3 Å². The quantitative estimate of drug-likeness (QED) is 0.884. The minimum absolute atomic E-state index is 0.0164. The molecule has 2 unspecified atom stereocenters. The van der Waals surface area contributed by atoms with Gasteiger partial charge in [0, 0.05) is 43.6 Å². The predicted octanol–water partition coefficient (Wildman–Crippen LogP) is 2.34. The molecule has 3 rings (SSSR count). The molecule has 2 fully saturated rings. The van der Waals surface area contributed by atoms with E-state index >= 15 is 0 Å². The van der Waals surface area contributed by atoms with E-state index in [0.717, 1.165) is 23.4 Å². The van der Waals surface area contributed by atoms with Crippen LogP contribution in [0.2, 0.25) is 0 Å². The highest BCUT2D eigenvalue weighted by Gasteiger charge is 2.33. The first-order valence-electron chi connectivity index (χ1n) is 9.42. The van der Waals surface area contributed by atoms with Gasteiger partial charge in [-0.25, -0.2) is 9.48 Å². The van der Waals surface area contributed by atoms with Gasteiger partial charge in [0.25, 0.3) is 0 Å². The van der Waals surface area contributed by atoms with E-state index in [1.165, 1.54) is 42.5 Å². The highest BCUT2D eigenvalue weighted by Crippen LogP contribution is 2.34. The summed E-state index contributed by atoms with van der Waals surface area (Å²) in [5.41, 5.74) is -0.0164. The van der Waals surface area contributed by atoms with E-state index in [1.54, 1.807) is 11.6 Å². The first-order chi connectivity index (χ1) is 11.5. The van der Waals surface area contributed by atoms with Gasteiger partial charge in [0.15, 0.2) is 0 Å². The second-order valence-corrected chi connectivity index (χ2v) is 9.22. The van der Waals surface area contributed by atoms with Crippen molar-refractivity contribution in [2.45, 2.75) is 69.7 Å². The second-order valence-electron chi connectivity index (χ2n) is 7.95. The van der Waals surface area contributed by atoms with Gasteiger partial charge in [-0.1, -0.05) is 26.7 Å². The van der Waals surface area contributed by atoms with E-state index in [-0.39, 0.29) is 5.69 Å². The molecule has 0 radical (unpaired) electrons. The van der Waals surface area contributed by atoms with Gasteiger partial charge in [0.2, 0.25) is 0 Å². The lowest BCUT2D eigenvalue weighted by Gasteiger charge is -2.34. The van der Waals surface area contributed by atoms with Crippen molar-refractivity contribution in [3.8, 4) is 0 Å². The normalized spacial score (nSPS) is 31.0. The molecule has 1 saturated heterocycles. The zero-order valence-corrected chi connectivity index (χ0v) is 16.3. The van der Waals surface area contributed by atoms with Gasteiger partial charge >= 0.3 is 5.69 Å². The number of thioether (sulfide) groups is 1. The van der Waals surface area contributed by atoms with E-state index < -0.39 is 0 Å². The lowest BCUT2D eigenvalue weighted by Crippen LogP contribution is -2.45. The van der Waals surface area contributed by atoms with Crippen LogP contribution in [0.15, 0.2) is 4.79 Å². The Morgan fingerprint density at radius 3 is 2.67 bits per heavy atom. The largest absolute Gasteiger partial charge is 0.345 e. The smallest absolute Gasteiger partial charge is 0.310 e. The Labute approximate surface area is 149 Å². The number of rotatable bonds is 5. The van der Waals surface area contributed by atoms with Crippen molar-refractivity contribution < 1.29 is 0 Å². The van der Waals surface area contributed by atoms with Gasteiger partial charge in [-0.2, -0.15) is 16.9 Å². The van der Waals surface area contributed by atoms with Crippen molar-refractivity contribution in [3.63, 3.8) is 0 Å². The van der Waals surface area contributed by atoms with Crippen molar-refractivity contribution in [2.24, 2.45) is 25.9 Å². The Bertz CT molecular complexity index is 609. The topological polar surface area (TPSA) is 51.9 Å². The van der Waals surface area contributed by atoms with Crippen molar-refractivity contribution in [1.82, 2.24) is 19.7 Å². The minimum atomic E-state index is -0.0164. The van der Waals surface area contributed by atoms with E-state index in [2.05, 4.69) is 36.0 Å². The van der Waals surface area contributed by atoms with Crippen LogP contribution in [0.4, 0.5) is 0 Å². The number of nitrogens with zero attached hydrogens (tertiary/aromatic N) is 3. The molecule has 2 aliphatic rings. The Hall–Kier alpha value is -0.750. The van der Waals surface area contributed by atoms with Crippen LogP contribution >= 0.6 is 11.8 Å². The fraction of sp³-hybridized carbons (Fsp3) is 0.889. The van der Waals surface area contributed by atoms with Crippen molar-refractivity contribution in [1.29, 1.82) is 0 Å². The fourth-order valence-corrected chi connectivity index (χ4v) is 5.70. The summed E-state index contributed by atoms with van der Waals surface area (Å²) < 4.78 is 3.17. The van der Waals surface area contributed by atoms with E-state index in [4.69, 9.17) is 0 Å². The van der Waals surface area contributed by atoms with Crippen LogP contribution in [0.3, 0.4) is 0 Å². The molecule has 1 aliphatic heterocycles. The van der Waals surface area contributed by atoms with E-state index in [0.29, 0.717) is 18.0 Å². The molecule has 6 heteroatoms. The molecule has 1 aliphatic carbocycles. The lowest BCUT2D eigenvalue weighted by molar-refractivity contribution is 0.238. The SMILES string of the molecule is CC(C)C1CC(N[C@@H]2CCCC[C@@H]2Cc2nn(C)c(=O)n2C)CS1. The van der Waals surface area contributed by atoms with Crippen LogP contribution in [-0.2, 0) is 20.5 Å².